The summed E-state index contributed by atoms with van der Waals surface area (Å²) in [5.41, 5.74) is 29.8. The van der Waals surface area contributed by atoms with Crippen LogP contribution < -0.4 is 4.90 Å². The molecule has 4 aliphatic rings. The lowest BCUT2D eigenvalue weighted by Gasteiger charge is -2.31. The van der Waals surface area contributed by atoms with Crippen molar-refractivity contribution in [2.75, 3.05) is 4.90 Å². The van der Waals surface area contributed by atoms with E-state index in [2.05, 4.69) is 273 Å². The van der Waals surface area contributed by atoms with E-state index in [0.717, 1.165) is 0 Å². The van der Waals surface area contributed by atoms with Gasteiger partial charge in [-0.05, 0) is 181 Å². The molecule has 0 aromatic heterocycles. The molecule has 15 rings (SSSR count). The lowest BCUT2D eigenvalue weighted by molar-refractivity contribution is 0.659. The molecule has 0 spiro atoms. The van der Waals surface area contributed by atoms with Crippen molar-refractivity contribution >= 4 is 38.6 Å². The van der Waals surface area contributed by atoms with Gasteiger partial charge in [0, 0.05) is 38.7 Å². The van der Waals surface area contributed by atoms with Gasteiger partial charge >= 0.3 is 0 Å². The fourth-order valence-corrected chi connectivity index (χ4v) is 14.7. The molecule has 0 amide bonds. The minimum Gasteiger partial charge on any atom is -0.310 e. The van der Waals surface area contributed by atoms with Crippen LogP contribution in [0.1, 0.15) is 99.9 Å². The smallest absolute Gasteiger partial charge is 0.0465 e. The van der Waals surface area contributed by atoms with Crippen molar-refractivity contribution in [2.24, 2.45) is 0 Å². The molecule has 0 bridgehead atoms. The molecule has 0 N–H and O–H groups in total. The number of anilines is 3. The van der Waals surface area contributed by atoms with Gasteiger partial charge in [0.1, 0.15) is 0 Å². The minimum absolute atomic E-state index is 0.0840. The van der Waals surface area contributed by atoms with E-state index in [-0.39, 0.29) is 21.7 Å². The fraction of sp³-hybridized carbons (Fsp3) is 0.162. The van der Waals surface area contributed by atoms with Crippen LogP contribution in [0.4, 0.5) is 17.1 Å². The Morgan fingerprint density at radius 1 is 0.227 bits per heavy atom. The van der Waals surface area contributed by atoms with Crippen molar-refractivity contribution in [2.45, 2.75) is 77.0 Å². The van der Waals surface area contributed by atoms with Gasteiger partial charge in [0.2, 0.25) is 0 Å². The average molecular weight is 962 g/mol. The Bertz CT molecular complexity index is 4140. The molecule has 0 unspecified atom stereocenters. The van der Waals surface area contributed by atoms with E-state index in [0.29, 0.717) is 0 Å². The quantitative estimate of drug-likeness (QED) is 0.155. The number of benzene rings is 11. The molecule has 0 fully saturated rings. The van der Waals surface area contributed by atoms with Crippen LogP contribution in [0.2, 0.25) is 0 Å². The van der Waals surface area contributed by atoms with Gasteiger partial charge < -0.3 is 4.90 Å². The summed E-state index contributed by atoms with van der Waals surface area (Å²) in [6.07, 6.45) is 0. The maximum atomic E-state index is 2.53. The summed E-state index contributed by atoms with van der Waals surface area (Å²) in [4.78, 5) is 2.53. The van der Waals surface area contributed by atoms with E-state index in [1.165, 1.54) is 150 Å². The van der Waals surface area contributed by atoms with E-state index in [1.807, 2.05) is 0 Å². The summed E-state index contributed by atoms with van der Waals surface area (Å²) < 4.78 is 0. The largest absolute Gasteiger partial charge is 0.310 e. The van der Waals surface area contributed by atoms with Crippen LogP contribution in [-0.4, -0.2) is 0 Å². The molecule has 360 valence electrons. The number of hydrogen-bond acceptors (Lipinski definition) is 1. The Kier molecular flexibility index (Phi) is 8.95. The highest BCUT2D eigenvalue weighted by molar-refractivity contribution is 6.21. The molecule has 0 atom stereocenters. The fourth-order valence-electron chi connectivity index (χ4n) is 14.7. The Labute approximate surface area is 441 Å². The van der Waals surface area contributed by atoms with Gasteiger partial charge in [0.25, 0.3) is 0 Å². The van der Waals surface area contributed by atoms with Gasteiger partial charge in [-0.2, -0.15) is 0 Å². The summed E-state index contributed by atoms with van der Waals surface area (Å²) in [6, 6.07) is 81.4. The number of nitrogens with zero attached hydrogens (tertiary/aromatic N) is 1. The molecular weight excluding hydrogens is 903 g/mol. The highest BCUT2D eigenvalue weighted by Gasteiger charge is 2.41. The first-order valence-electron chi connectivity index (χ1n) is 27.0. The molecule has 11 aromatic carbocycles. The summed E-state index contributed by atoms with van der Waals surface area (Å²) >= 11 is 0. The van der Waals surface area contributed by atoms with Crippen molar-refractivity contribution < 1.29 is 0 Å². The van der Waals surface area contributed by atoms with Gasteiger partial charge in [-0.3, -0.25) is 0 Å². The number of hydrogen-bond donors (Lipinski definition) is 0. The van der Waals surface area contributed by atoms with Gasteiger partial charge in [0.05, 0.1) is 0 Å². The van der Waals surface area contributed by atoms with E-state index in [1.54, 1.807) is 0 Å². The first kappa shape index (κ1) is 44.2. The Hall–Kier alpha value is -8.26. The lowest BCUT2D eigenvalue weighted by Crippen LogP contribution is -2.19. The van der Waals surface area contributed by atoms with Crippen molar-refractivity contribution in [1.29, 1.82) is 0 Å². The van der Waals surface area contributed by atoms with Crippen LogP contribution in [0.5, 0.6) is 0 Å². The normalized spacial score (nSPS) is 15.9. The minimum atomic E-state index is -0.272. The number of fused-ring (bicyclic) bond motifs is 14. The Morgan fingerprint density at radius 2 is 0.467 bits per heavy atom. The van der Waals surface area contributed by atoms with Crippen LogP contribution >= 0.6 is 0 Å². The Morgan fingerprint density at radius 3 is 0.787 bits per heavy atom. The first-order valence-corrected chi connectivity index (χ1v) is 27.0. The summed E-state index contributed by atoms with van der Waals surface area (Å²) in [5.74, 6) is 0. The summed E-state index contributed by atoms with van der Waals surface area (Å²) in [6.45, 7) is 19.2. The van der Waals surface area contributed by atoms with Crippen molar-refractivity contribution in [1.82, 2.24) is 0 Å². The first-order chi connectivity index (χ1) is 36.2. The van der Waals surface area contributed by atoms with Crippen LogP contribution in [0.3, 0.4) is 0 Å². The number of rotatable bonds is 5. The zero-order chi connectivity index (χ0) is 50.9. The third kappa shape index (κ3) is 5.96. The molecule has 75 heavy (non-hydrogen) atoms. The molecule has 0 aliphatic heterocycles. The zero-order valence-corrected chi connectivity index (χ0v) is 44.2. The predicted molar refractivity (Wildman–Crippen MR) is 317 cm³/mol. The van der Waals surface area contributed by atoms with Crippen LogP contribution in [-0.2, 0) is 21.7 Å². The monoisotopic (exact) mass is 961 g/mol. The maximum Gasteiger partial charge on any atom is 0.0465 e. The third-order valence-electron chi connectivity index (χ3n) is 18.7. The van der Waals surface area contributed by atoms with Crippen LogP contribution in [0.15, 0.2) is 212 Å². The van der Waals surface area contributed by atoms with E-state index < -0.39 is 0 Å². The molecule has 11 aromatic rings. The second-order valence-electron chi connectivity index (χ2n) is 24.0. The average Bonchev–Trinajstić information content (AvgIpc) is 4.00. The SMILES string of the molecule is CC1(C)c2ccccc2-c2ccc(-c3c4ccccc4c(-c4ccc5c(c4)C(C)(C)c4cc(N(c6ccc7c(c6)C(C)(C)c6ccccc6-7)c6ccc7c(c6)C(C)(C)c6ccccc6-7)ccc4-5)c4ccccc34)cc21. The van der Waals surface area contributed by atoms with E-state index in [4.69, 9.17) is 0 Å². The molecular formula is C74H59N. The second kappa shape index (κ2) is 15.2. The van der Waals surface area contributed by atoms with Crippen molar-refractivity contribution in [3.05, 3.63) is 257 Å². The van der Waals surface area contributed by atoms with Gasteiger partial charge in [-0.15, -0.1) is 0 Å². The summed E-state index contributed by atoms with van der Waals surface area (Å²) in [7, 11) is 0. The topological polar surface area (TPSA) is 3.24 Å². The molecule has 1 nitrogen and oxygen atoms in total. The molecule has 0 saturated carbocycles. The Balaban J connectivity index is 0.867. The maximum absolute atomic E-state index is 2.53. The predicted octanol–water partition coefficient (Wildman–Crippen LogP) is 20.0. The zero-order valence-electron chi connectivity index (χ0n) is 44.2. The third-order valence-corrected chi connectivity index (χ3v) is 18.7. The van der Waals surface area contributed by atoms with Gasteiger partial charge in [-0.1, -0.05) is 219 Å². The van der Waals surface area contributed by atoms with Crippen LogP contribution in [0, 0.1) is 0 Å². The molecule has 0 radical (unpaired) electrons. The van der Waals surface area contributed by atoms with Gasteiger partial charge in [0.15, 0.2) is 0 Å². The van der Waals surface area contributed by atoms with Crippen molar-refractivity contribution in [3.63, 3.8) is 0 Å². The van der Waals surface area contributed by atoms with Crippen molar-refractivity contribution in [3.8, 4) is 66.8 Å². The van der Waals surface area contributed by atoms with E-state index >= 15 is 0 Å². The second-order valence-corrected chi connectivity index (χ2v) is 24.0. The van der Waals surface area contributed by atoms with Gasteiger partial charge in [-0.25, -0.2) is 0 Å². The molecule has 0 saturated heterocycles. The molecule has 1 heteroatoms. The van der Waals surface area contributed by atoms with Crippen LogP contribution in [0.25, 0.3) is 88.3 Å². The van der Waals surface area contributed by atoms with E-state index in [9.17, 15) is 0 Å². The standard InChI is InChI=1S/C74H59N/c1-71(2)61-26-16-13-19-49(61)52-34-29-44(39-64(52)71)69-57-22-9-11-24-59(57)70(60-25-12-10-23-58(60)69)45-30-35-53-56-38-33-48(43-68(56)74(7,8)65(53)40-45)75(46-31-36-54-50-20-14-17-27-62(50)72(3,4)66(54)41-46)47-32-37-55-51-21-15-18-28-63(51)73(5,6)67(55)42-47/h9-43H,1-8H3. The highest BCUT2D eigenvalue weighted by Crippen LogP contribution is 2.57. The highest BCUT2D eigenvalue weighted by atomic mass is 15.1. The molecule has 0 heterocycles. The molecule has 4 aliphatic carbocycles. The lowest BCUT2D eigenvalue weighted by atomic mass is 9.79. The summed E-state index contributed by atoms with van der Waals surface area (Å²) in [5, 5.41) is 5.12.